The fourth-order valence-corrected chi connectivity index (χ4v) is 2.37. The minimum Gasteiger partial charge on any atom is -0.444 e. The monoisotopic (exact) mass is 212 g/mol. The third-order valence-electron chi connectivity index (χ3n) is 3.36. The number of nitrogens with two attached hydrogens (primary N) is 1. The number of fused-ring (bicyclic) bond motifs is 1. The summed E-state index contributed by atoms with van der Waals surface area (Å²) in [5, 5.41) is 0. The van der Waals surface area contributed by atoms with E-state index in [4.69, 9.17) is 10.5 Å². The maximum atomic E-state index is 11.7. The van der Waals surface area contributed by atoms with Crippen LogP contribution >= 0.6 is 0 Å². The minimum atomic E-state index is -0.403. The van der Waals surface area contributed by atoms with Crippen molar-refractivity contribution in [2.45, 2.75) is 32.8 Å². The maximum absolute atomic E-state index is 11.7. The van der Waals surface area contributed by atoms with Gasteiger partial charge in [-0.05, 0) is 39.7 Å². The molecule has 0 aromatic heterocycles. The van der Waals surface area contributed by atoms with Crippen LogP contribution in [-0.4, -0.2) is 36.2 Å². The van der Waals surface area contributed by atoms with Gasteiger partial charge >= 0.3 is 6.09 Å². The van der Waals surface area contributed by atoms with Crippen LogP contribution in [0.1, 0.15) is 27.2 Å². The molecule has 1 heterocycles. The number of piperidine rings is 1. The van der Waals surface area contributed by atoms with Crippen molar-refractivity contribution in [2.75, 3.05) is 19.6 Å². The van der Waals surface area contributed by atoms with Crippen LogP contribution < -0.4 is 5.73 Å². The molecule has 0 unspecified atom stereocenters. The van der Waals surface area contributed by atoms with Gasteiger partial charge in [-0.2, -0.15) is 0 Å². The van der Waals surface area contributed by atoms with E-state index in [9.17, 15) is 4.79 Å². The van der Waals surface area contributed by atoms with Crippen molar-refractivity contribution in [1.29, 1.82) is 0 Å². The van der Waals surface area contributed by atoms with Crippen molar-refractivity contribution < 1.29 is 9.53 Å². The van der Waals surface area contributed by atoms with Gasteiger partial charge in [0.05, 0.1) is 0 Å². The van der Waals surface area contributed by atoms with Crippen molar-refractivity contribution in [3.8, 4) is 0 Å². The highest BCUT2D eigenvalue weighted by molar-refractivity contribution is 5.69. The summed E-state index contributed by atoms with van der Waals surface area (Å²) in [4.78, 5) is 13.5. The molecule has 0 radical (unpaired) electrons. The largest absolute Gasteiger partial charge is 0.444 e. The number of hydrogen-bond donors (Lipinski definition) is 1. The molecule has 2 atom stereocenters. The summed E-state index contributed by atoms with van der Waals surface area (Å²) in [7, 11) is 0. The fourth-order valence-electron chi connectivity index (χ4n) is 2.37. The van der Waals surface area contributed by atoms with Crippen molar-refractivity contribution >= 4 is 6.09 Å². The lowest BCUT2D eigenvalue weighted by Crippen LogP contribution is -2.38. The second-order valence-electron chi connectivity index (χ2n) is 5.83. The van der Waals surface area contributed by atoms with E-state index in [0.29, 0.717) is 12.5 Å². The molecule has 4 heteroatoms. The smallest absolute Gasteiger partial charge is 0.410 e. The van der Waals surface area contributed by atoms with Gasteiger partial charge in [-0.1, -0.05) is 0 Å². The molecule has 1 saturated heterocycles. The molecular formula is C11H20N2O2. The molecule has 4 nitrogen and oxygen atoms in total. The van der Waals surface area contributed by atoms with Gasteiger partial charge in [0, 0.05) is 18.5 Å². The Morgan fingerprint density at radius 1 is 1.60 bits per heavy atom. The van der Waals surface area contributed by atoms with Gasteiger partial charge in [-0.15, -0.1) is 0 Å². The highest BCUT2D eigenvalue weighted by Gasteiger charge is 2.60. The Bertz CT molecular complexity index is 281. The molecule has 2 aliphatic rings. The van der Waals surface area contributed by atoms with Crippen LogP contribution in [0.15, 0.2) is 0 Å². The Morgan fingerprint density at radius 3 is 2.73 bits per heavy atom. The number of likely N-dealkylation sites (tertiary alicyclic amines) is 1. The first-order chi connectivity index (χ1) is 6.86. The first-order valence-electron chi connectivity index (χ1n) is 5.54. The van der Waals surface area contributed by atoms with Crippen LogP contribution in [0.25, 0.3) is 0 Å². The molecule has 86 valence electrons. The lowest BCUT2D eigenvalue weighted by atomic mass is 10.1. The predicted octanol–water partition coefficient (Wildman–Crippen LogP) is 1.20. The first-order valence-corrected chi connectivity index (χ1v) is 5.54. The zero-order valence-electron chi connectivity index (χ0n) is 9.75. The van der Waals surface area contributed by atoms with Crippen LogP contribution in [0, 0.1) is 11.3 Å². The van der Waals surface area contributed by atoms with Crippen molar-refractivity contribution in [2.24, 2.45) is 17.1 Å². The van der Waals surface area contributed by atoms with Gasteiger partial charge in [0.15, 0.2) is 0 Å². The molecule has 0 aromatic carbocycles. The number of hydrogen-bond acceptors (Lipinski definition) is 3. The van der Waals surface area contributed by atoms with E-state index >= 15 is 0 Å². The molecule has 0 bridgehead atoms. The summed E-state index contributed by atoms with van der Waals surface area (Å²) in [6.07, 6.45) is 0.991. The summed E-state index contributed by atoms with van der Waals surface area (Å²) in [6.45, 7) is 7.97. The third-order valence-corrected chi connectivity index (χ3v) is 3.36. The molecule has 0 aromatic rings. The van der Waals surface area contributed by atoms with E-state index in [2.05, 4.69) is 0 Å². The average molecular weight is 212 g/mol. The van der Waals surface area contributed by atoms with Crippen LogP contribution in [0.3, 0.4) is 0 Å². The highest BCUT2D eigenvalue weighted by atomic mass is 16.6. The van der Waals surface area contributed by atoms with E-state index in [1.165, 1.54) is 6.42 Å². The summed E-state index contributed by atoms with van der Waals surface area (Å²) in [6, 6.07) is 0. The summed E-state index contributed by atoms with van der Waals surface area (Å²) >= 11 is 0. The Labute approximate surface area is 90.8 Å². The fraction of sp³-hybridized carbons (Fsp3) is 0.909. The molecule has 1 saturated carbocycles. The Morgan fingerprint density at radius 2 is 2.27 bits per heavy atom. The number of carbonyl (C=O) groups is 1. The summed E-state index contributed by atoms with van der Waals surface area (Å²) in [5.41, 5.74) is 5.55. The molecule has 1 aliphatic carbocycles. The van der Waals surface area contributed by atoms with E-state index < -0.39 is 5.60 Å². The average Bonchev–Trinajstić information content (AvgIpc) is 2.66. The summed E-state index contributed by atoms with van der Waals surface area (Å²) in [5.74, 6) is 0.620. The molecule has 15 heavy (non-hydrogen) atoms. The SMILES string of the molecule is CC(C)(C)OC(=O)N1C[C@@H]2C[C@]2(CN)C1. The molecule has 2 rings (SSSR count). The van der Waals surface area contributed by atoms with E-state index in [1.807, 2.05) is 20.8 Å². The molecule has 0 spiro atoms. The second-order valence-corrected chi connectivity index (χ2v) is 5.83. The first kappa shape index (κ1) is 10.7. The lowest BCUT2D eigenvalue weighted by Gasteiger charge is -2.26. The quantitative estimate of drug-likeness (QED) is 0.710. The number of nitrogens with zero attached hydrogens (tertiary/aromatic N) is 1. The number of rotatable bonds is 1. The minimum absolute atomic E-state index is 0.192. The third kappa shape index (κ3) is 1.95. The van der Waals surface area contributed by atoms with Gasteiger partial charge < -0.3 is 15.4 Å². The summed E-state index contributed by atoms with van der Waals surface area (Å²) < 4.78 is 5.33. The number of carbonyl (C=O) groups excluding carboxylic acids is 1. The Kier molecular flexibility index (Phi) is 2.23. The normalized spacial score (nSPS) is 33.9. The van der Waals surface area contributed by atoms with Gasteiger partial charge in [-0.3, -0.25) is 0 Å². The zero-order chi connectivity index (χ0) is 11.3. The standard InChI is InChI=1S/C11H20N2O2/c1-10(2,3)15-9(14)13-5-8-4-11(8,6-12)7-13/h8H,4-7,12H2,1-3H3/t8-,11-/m0/s1. The van der Waals surface area contributed by atoms with Gasteiger partial charge in [0.25, 0.3) is 0 Å². The Balaban J connectivity index is 1.90. The Hall–Kier alpha value is -0.770. The number of amides is 1. The predicted molar refractivity (Wildman–Crippen MR) is 57.4 cm³/mol. The van der Waals surface area contributed by atoms with Crippen molar-refractivity contribution in [1.82, 2.24) is 4.90 Å². The van der Waals surface area contributed by atoms with Crippen LogP contribution in [0.5, 0.6) is 0 Å². The van der Waals surface area contributed by atoms with E-state index in [0.717, 1.165) is 13.1 Å². The van der Waals surface area contributed by atoms with E-state index in [1.54, 1.807) is 4.90 Å². The second kappa shape index (κ2) is 3.11. The van der Waals surface area contributed by atoms with Crippen molar-refractivity contribution in [3.63, 3.8) is 0 Å². The number of ether oxygens (including phenoxy) is 1. The van der Waals surface area contributed by atoms with Crippen molar-refractivity contribution in [3.05, 3.63) is 0 Å². The van der Waals surface area contributed by atoms with E-state index in [-0.39, 0.29) is 11.5 Å². The van der Waals surface area contributed by atoms with Gasteiger partial charge in [0.2, 0.25) is 0 Å². The molecule has 1 amide bonds. The molecular weight excluding hydrogens is 192 g/mol. The topological polar surface area (TPSA) is 55.6 Å². The lowest BCUT2D eigenvalue weighted by molar-refractivity contribution is 0.0263. The molecule has 2 N–H and O–H groups in total. The van der Waals surface area contributed by atoms with Gasteiger partial charge in [0.1, 0.15) is 5.60 Å². The van der Waals surface area contributed by atoms with Crippen LogP contribution in [0.2, 0.25) is 0 Å². The van der Waals surface area contributed by atoms with Crippen LogP contribution in [0.4, 0.5) is 4.79 Å². The maximum Gasteiger partial charge on any atom is 0.410 e. The molecule has 2 fully saturated rings. The van der Waals surface area contributed by atoms with Crippen LogP contribution in [-0.2, 0) is 4.74 Å². The zero-order valence-corrected chi connectivity index (χ0v) is 9.75. The van der Waals surface area contributed by atoms with Gasteiger partial charge in [-0.25, -0.2) is 4.79 Å². The highest BCUT2D eigenvalue weighted by Crippen LogP contribution is 2.56. The molecule has 1 aliphatic heterocycles.